The standard InChI is InChI=1S/C25H19ClN2O4S/c1-30-18-5-4-6-19(15-18)31-11-12-32-22-10-9-17(26)13-16(22)14-23-24(29)28-21-8-3-2-7-20(21)27-25(28)33-23/h2-10,13-15H,11-12H2,1H3/b23-14+. The minimum Gasteiger partial charge on any atom is -0.497 e. The second-order valence-electron chi connectivity index (χ2n) is 7.19. The fraction of sp³-hybridized carbons (Fsp3) is 0.120. The third-order valence-corrected chi connectivity index (χ3v) is 6.26. The van der Waals surface area contributed by atoms with E-state index >= 15 is 0 Å². The van der Waals surface area contributed by atoms with Crippen molar-refractivity contribution in [2.75, 3.05) is 20.3 Å². The van der Waals surface area contributed by atoms with Crippen LogP contribution in [0.2, 0.25) is 5.02 Å². The van der Waals surface area contributed by atoms with Gasteiger partial charge in [0.15, 0.2) is 4.96 Å². The first-order valence-electron chi connectivity index (χ1n) is 10.2. The summed E-state index contributed by atoms with van der Waals surface area (Å²) >= 11 is 7.56. The zero-order valence-electron chi connectivity index (χ0n) is 17.7. The highest BCUT2D eigenvalue weighted by atomic mass is 35.5. The lowest BCUT2D eigenvalue weighted by atomic mass is 10.2. The molecule has 0 aliphatic carbocycles. The van der Waals surface area contributed by atoms with Gasteiger partial charge in [0.05, 0.1) is 22.7 Å². The predicted octanol–water partition coefficient (Wildman–Crippen LogP) is 4.58. The second-order valence-corrected chi connectivity index (χ2v) is 8.64. The summed E-state index contributed by atoms with van der Waals surface area (Å²) in [5.74, 6) is 2.04. The van der Waals surface area contributed by atoms with Gasteiger partial charge in [-0.2, -0.15) is 0 Å². The number of ether oxygens (including phenoxy) is 3. The number of nitrogens with zero attached hydrogens (tertiary/aromatic N) is 2. The number of thiazole rings is 1. The van der Waals surface area contributed by atoms with Crippen LogP contribution in [-0.2, 0) is 0 Å². The normalized spacial score (nSPS) is 11.9. The maximum Gasteiger partial charge on any atom is 0.274 e. The number of benzene rings is 3. The molecule has 0 aliphatic rings. The van der Waals surface area contributed by atoms with Crippen LogP contribution >= 0.6 is 22.9 Å². The van der Waals surface area contributed by atoms with Gasteiger partial charge in [-0.25, -0.2) is 9.38 Å². The van der Waals surface area contributed by atoms with E-state index in [1.54, 1.807) is 35.8 Å². The van der Waals surface area contributed by atoms with Crippen LogP contribution in [0.4, 0.5) is 0 Å². The number of imidazole rings is 1. The van der Waals surface area contributed by atoms with Gasteiger partial charge in [0.1, 0.15) is 30.5 Å². The van der Waals surface area contributed by atoms with Crippen molar-refractivity contribution in [3.05, 3.63) is 92.2 Å². The highest BCUT2D eigenvalue weighted by molar-refractivity contribution is 7.15. The second kappa shape index (κ2) is 9.13. The number of hydrogen-bond acceptors (Lipinski definition) is 6. The average molecular weight is 479 g/mol. The summed E-state index contributed by atoms with van der Waals surface area (Å²) in [6, 6.07) is 20.3. The van der Waals surface area contributed by atoms with Crippen LogP contribution in [0, 0.1) is 0 Å². The molecule has 0 atom stereocenters. The molecule has 0 amide bonds. The quantitative estimate of drug-likeness (QED) is 0.320. The Morgan fingerprint density at radius 3 is 2.70 bits per heavy atom. The Kier molecular flexibility index (Phi) is 5.90. The van der Waals surface area contributed by atoms with Crippen LogP contribution in [0.3, 0.4) is 0 Å². The lowest BCUT2D eigenvalue weighted by Gasteiger charge is -2.11. The summed E-state index contributed by atoms with van der Waals surface area (Å²) in [7, 11) is 1.61. The highest BCUT2D eigenvalue weighted by Crippen LogP contribution is 2.24. The van der Waals surface area contributed by atoms with Crippen molar-refractivity contribution in [1.29, 1.82) is 0 Å². The lowest BCUT2D eigenvalue weighted by molar-refractivity contribution is 0.216. The molecule has 5 aromatic rings. The fourth-order valence-corrected chi connectivity index (χ4v) is 4.68. The number of rotatable bonds is 7. The molecule has 0 bridgehead atoms. The molecule has 33 heavy (non-hydrogen) atoms. The van der Waals surface area contributed by atoms with Crippen LogP contribution < -0.4 is 24.3 Å². The van der Waals surface area contributed by atoms with E-state index in [0.29, 0.717) is 39.2 Å². The van der Waals surface area contributed by atoms with Crippen molar-refractivity contribution in [1.82, 2.24) is 9.38 Å². The largest absolute Gasteiger partial charge is 0.497 e. The number of halogens is 1. The molecule has 2 aromatic heterocycles. The molecule has 3 aromatic carbocycles. The molecule has 8 heteroatoms. The molecule has 0 radical (unpaired) electrons. The van der Waals surface area contributed by atoms with Gasteiger partial charge < -0.3 is 14.2 Å². The number of fused-ring (bicyclic) bond motifs is 3. The molecule has 0 unspecified atom stereocenters. The molecular formula is C25H19ClN2O4S. The van der Waals surface area contributed by atoms with Crippen molar-refractivity contribution >= 4 is 45.0 Å². The maximum atomic E-state index is 13.1. The SMILES string of the molecule is COc1cccc(OCCOc2ccc(Cl)cc2/C=c2/sc3nc4ccccc4n3c2=O)c1. The first-order chi connectivity index (χ1) is 16.1. The Morgan fingerprint density at radius 1 is 1.00 bits per heavy atom. The molecule has 2 heterocycles. The van der Waals surface area contributed by atoms with Gasteiger partial charge in [-0.1, -0.05) is 41.1 Å². The van der Waals surface area contributed by atoms with E-state index in [9.17, 15) is 4.79 Å². The zero-order valence-corrected chi connectivity index (χ0v) is 19.2. The van der Waals surface area contributed by atoms with Gasteiger partial charge in [0, 0.05) is 16.7 Å². The first-order valence-corrected chi connectivity index (χ1v) is 11.4. The molecule has 5 rings (SSSR count). The van der Waals surface area contributed by atoms with Gasteiger partial charge in [-0.15, -0.1) is 0 Å². The van der Waals surface area contributed by atoms with E-state index in [4.69, 9.17) is 25.8 Å². The Hall–Kier alpha value is -3.55. The third kappa shape index (κ3) is 4.37. The van der Waals surface area contributed by atoms with Crippen LogP contribution in [0.25, 0.3) is 22.1 Å². The van der Waals surface area contributed by atoms with Crippen molar-refractivity contribution in [2.24, 2.45) is 0 Å². The molecule has 0 spiro atoms. The van der Waals surface area contributed by atoms with E-state index in [2.05, 4.69) is 4.98 Å². The topological polar surface area (TPSA) is 62.1 Å². The summed E-state index contributed by atoms with van der Waals surface area (Å²) in [6.45, 7) is 0.670. The van der Waals surface area contributed by atoms with Crippen molar-refractivity contribution in [2.45, 2.75) is 0 Å². The van der Waals surface area contributed by atoms with E-state index in [0.717, 1.165) is 22.3 Å². The lowest BCUT2D eigenvalue weighted by Crippen LogP contribution is -2.22. The smallest absolute Gasteiger partial charge is 0.274 e. The van der Waals surface area contributed by atoms with Crippen LogP contribution in [0.15, 0.2) is 71.5 Å². The van der Waals surface area contributed by atoms with E-state index in [-0.39, 0.29) is 5.56 Å². The predicted molar refractivity (Wildman–Crippen MR) is 131 cm³/mol. The Balaban J connectivity index is 1.39. The van der Waals surface area contributed by atoms with Crippen molar-refractivity contribution < 1.29 is 14.2 Å². The number of aromatic nitrogens is 2. The summed E-state index contributed by atoms with van der Waals surface area (Å²) in [5, 5.41) is 0.556. The van der Waals surface area contributed by atoms with Crippen LogP contribution in [-0.4, -0.2) is 29.7 Å². The van der Waals surface area contributed by atoms with Crippen LogP contribution in [0.1, 0.15) is 5.56 Å². The summed E-state index contributed by atoms with van der Waals surface area (Å²) in [6.07, 6.45) is 1.79. The van der Waals surface area contributed by atoms with Crippen LogP contribution in [0.5, 0.6) is 17.2 Å². The Labute approximate surface area is 198 Å². The Bertz CT molecular complexity index is 1560. The number of hydrogen-bond donors (Lipinski definition) is 0. The molecule has 0 fully saturated rings. The summed E-state index contributed by atoms with van der Waals surface area (Å²) in [5.41, 5.74) is 2.20. The zero-order chi connectivity index (χ0) is 22.8. The molecule has 6 nitrogen and oxygen atoms in total. The highest BCUT2D eigenvalue weighted by Gasteiger charge is 2.11. The summed E-state index contributed by atoms with van der Waals surface area (Å²) in [4.78, 5) is 18.3. The molecule has 0 aliphatic heterocycles. The van der Waals surface area contributed by atoms with E-state index < -0.39 is 0 Å². The van der Waals surface area contributed by atoms with Gasteiger partial charge in [-0.3, -0.25) is 4.79 Å². The fourth-order valence-electron chi connectivity index (χ4n) is 3.52. The molecule has 0 saturated carbocycles. The van der Waals surface area contributed by atoms with Crippen molar-refractivity contribution in [3.63, 3.8) is 0 Å². The van der Waals surface area contributed by atoms with Gasteiger partial charge in [-0.05, 0) is 48.5 Å². The number of para-hydroxylation sites is 2. The average Bonchev–Trinajstić information content (AvgIpc) is 3.34. The van der Waals surface area contributed by atoms with Crippen molar-refractivity contribution in [3.8, 4) is 17.2 Å². The van der Waals surface area contributed by atoms with E-state index in [1.807, 2.05) is 48.5 Å². The molecule has 166 valence electrons. The monoisotopic (exact) mass is 478 g/mol. The van der Waals surface area contributed by atoms with Gasteiger partial charge >= 0.3 is 0 Å². The minimum absolute atomic E-state index is 0.115. The molecular weight excluding hydrogens is 460 g/mol. The summed E-state index contributed by atoms with van der Waals surface area (Å²) < 4.78 is 19.1. The molecule has 0 N–H and O–H groups in total. The molecule has 0 saturated heterocycles. The van der Waals surface area contributed by atoms with Gasteiger partial charge in [0.25, 0.3) is 5.56 Å². The minimum atomic E-state index is -0.115. The number of methoxy groups -OCH3 is 1. The first kappa shape index (κ1) is 21.3. The maximum absolute atomic E-state index is 13.1. The third-order valence-electron chi connectivity index (χ3n) is 5.05. The Morgan fingerprint density at radius 2 is 1.82 bits per heavy atom. The van der Waals surface area contributed by atoms with Gasteiger partial charge in [0.2, 0.25) is 0 Å². The van der Waals surface area contributed by atoms with E-state index in [1.165, 1.54) is 11.3 Å².